The number of carbonyl (C=O) groups excluding carboxylic acids is 2. The number of anilines is 2. The average Bonchev–Trinajstić information content (AvgIpc) is 2.75. The van der Waals surface area contributed by atoms with Gasteiger partial charge in [-0.25, -0.2) is 4.79 Å². The molecule has 17 heavy (non-hydrogen) atoms. The van der Waals surface area contributed by atoms with Crippen molar-refractivity contribution in [1.82, 2.24) is 0 Å². The van der Waals surface area contributed by atoms with Crippen LogP contribution in [0.15, 0.2) is 36.9 Å². The minimum Gasteiger partial charge on any atom is -0.447 e. The lowest BCUT2D eigenvalue weighted by Gasteiger charge is -2.13. The lowest BCUT2D eigenvalue weighted by molar-refractivity contribution is -0.111. The number of ether oxygens (including phenoxy) is 1. The SMILES string of the molecule is C=CC(=O)Nc1cccc(N2CCOC2=O)c1. The van der Waals surface area contributed by atoms with E-state index in [2.05, 4.69) is 11.9 Å². The first kappa shape index (κ1) is 11.2. The van der Waals surface area contributed by atoms with Gasteiger partial charge in [0.05, 0.1) is 6.54 Å². The maximum atomic E-state index is 11.4. The van der Waals surface area contributed by atoms with Gasteiger partial charge in [-0.05, 0) is 24.3 Å². The zero-order valence-corrected chi connectivity index (χ0v) is 9.18. The Hall–Kier alpha value is -2.30. The molecule has 2 amide bonds. The summed E-state index contributed by atoms with van der Waals surface area (Å²) in [5, 5.41) is 2.63. The van der Waals surface area contributed by atoms with Crippen LogP contribution in [0.1, 0.15) is 0 Å². The van der Waals surface area contributed by atoms with Gasteiger partial charge in [0, 0.05) is 11.4 Å². The lowest BCUT2D eigenvalue weighted by Crippen LogP contribution is -2.23. The summed E-state index contributed by atoms with van der Waals surface area (Å²) >= 11 is 0. The molecule has 5 heteroatoms. The number of rotatable bonds is 3. The Morgan fingerprint density at radius 3 is 3.00 bits per heavy atom. The highest BCUT2D eigenvalue weighted by atomic mass is 16.6. The molecule has 0 bridgehead atoms. The molecule has 0 atom stereocenters. The van der Waals surface area contributed by atoms with Crippen molar-refractivity contribution in [1.29, 1.82) is 0 Å². The number of nitrogens with zero attached hydrogens (tertiary/aromatic N) is 1. The summed E-state index contributed by atoms with van der Waals surface area (Å²) in [7, 11) is 0. The third kappa shape index (κ3) is 2.44. The average molecular weight is 232 g/mol. The fourth-order valence-corrected chi connectivity index (χ4v) is 1.57. The molecule has 5 nitrogen and oxygen atoms in total. The molecule has 1 heterocycles. The zero-order chi connectivity index (χ0) is 12.3. The molecule has 0 aliphatic carbocycles. The van der Waals surface area contributed by atoms with Gasteiger partial charge in [0.25, 0.3) is 0 Å². The predicted molar refractivity (Wildman–Crippen MR) is 64.0 cm³/mol. The summed E-state index contributed by atoms with van der Waals surface area (Å²) in [6.45, 7) is 4.29. The minimum absolute atomic E-state index is 0.286. The maximum Gasteiger partial charge on any atom is 0.414 e. The lowest BCUT2D eigenvalue weighted by atomic mass is 10.2. The number of hydrogen-bond acceptors (Lipinski definition) is 3. The molecule has 0 saturated carbocycles. The van der Waals surface area contributed by atoms with E-state index in [1.54, 1.807) is 24.3 Å². The van der Waals surface area contributed by atoms with Gasteiger partial charge in [0.2, 0.25) is 5.91 Å². The first-order chi connectivity index (χ1) is 8.20. The first-order valence-corrected chi connectivity index (χ1v) is 5.18. The van der Waals surface area contributed by atoms with E-state index >= 15 is 0 Å². The summed E-state index contributed by atoms with van der Waals surface area (Å²) in [6, 6.07) is 7.01. The van der Waals surface area contributed by atoms with Crippen LogP contribution in [-0.2, 0) is 9.53 Å². The molecule has 1 saturated heterocycles. The van der Waals surface area contributed by atoms with Crippen molar-refractivity contribution in [3.05, 3.63) is 36.9 Å². The van der Waals surface area contributed by atoms with Gasteiger partial charge >= 0.3 is 6.09 Å². The maximum absolute atomic E-state index is 11.4. The Morgan fingerprint density at radius 2 is 2.35 bits per heavy atom. The van der Waals surface area contributed by atoms with Gasteiger partial charge in [-0.3, -0.25) is 9.69 Å². The summed E-state index contributed by atoms with van der Waals surface area (Å²) in [5.74, 6) is -0.286. The van der Waals surface area contributed by atoms with E-state index < -0.39 is 0 Å². The normalized spacial score (nSPS) is 14.4. The van der Waals surface area contributed by atoms with Gasteiger partial charge in [0.1, 0.15) is 6.61 Å². The van der Waals surface area contributed by atoms with E-state index in [-0.39, 0.29) is 12.0 Å². The summed E-state index contributed by atoms with van der Waals surface area (Å²) in [5.41, 5.74) is 1.32. The Labute approximate surface area is 98.7 Å². The van der Waals surface area contributed by atoms with E-state index in [1.165, 1.54) is 11.0 Å². The monoisotopic (exact) mass is 232 g/mol. The van der Waals surface area contributed by atoms with E-state index in [0.29, 0.717) is 24.5 Å². The van der Waals surface area contributed by atoms with Crippen LogP contribution in [0, 0.1) is 0 Å². The topological polar surface area (TPSA) is 58.6 Å². The molecule has 1 aromatic rings. The molecule has 1 aliphatic heterocycles. The van der Waals surface area contributed by atoms with Gasteiger partial charge in [-0.2, -0.15) is 0 Å². The predicted octanol–water partition coefficient (Wildman–Crippen LogP) is 1.77. The van der Waals surface area contributed by atoms with Crippen molar-refractivity contribution in [2.75, 3.05) is 23.4 Å². The van der Waals surface area contributed by atoms with Gasteiger partial charge in [0.15, 0.2) is 0 Å². The van der Waals surface area contributed by atoms with E-state index in [0.717, 1.165) is 0 Å². The van der Waals surface area contributed by atoms with Crippen molar-refractivity contribution in [2.24, 2.45) is 0 Å². The number of amides is 2. The first-order valence-electron chi connectivity index (χ1n) is 5.18. The van der Waals surface area contributed by atoms with E-state index in [9.17, 15) is 9.59 Å². The number of nitrogens with one attached hydrogen (secondary N) is 1. The summed E-state index contributed by atoms with van der Waals surface area (Å²) in [6.07, 6.45) is 0.828. The molecular weight excluding hydrogens is 220 g/mol. The second-order valence-electron chi connectivity index (χ2n) is 3.51. The quantitative estimate of drug-likeness (QED) is 0.808. The van der Waals surface area contributed by atoms with Gasteiger partial charge in [-0.1, -0.05) is 12.6 Å². The molecule has 2 rings (SSSR count). The molecule has 1 aromatic carbocycles. The second kappa shape index (κ2) is 4.69. The van der Waals surface area contributed by atoms with Crippen LogP contribution >= 0.6 is 0 Å². The van der Waals surface area contributed by atoms with Crippen molar-refractivity contribution in [3.8, 4) is 0 Å². The highest BCUT2D eigenvalue weighted by molar-refractivity contribution is 5.99. The second-order valence-corrected chi connectivity index (χ2v) is 3.51. The molecular formula is C12H12N2O3. The van der Waals surface area contributed by atoms with Crippen molar-refractivity contribution in [3.63, 3.8) is 0 Å². The van der Waals surface area contributed by atoms with Crippen molar-refractivity contribution in [2.45, 2.75) is 0 Å². The van der Waals surface area contributed by atoms with Crippen LogP contribution in [0.2, 0.25) is 0 Å². The van der Waals surface area contributed by atoms with Crippen molar-refractivity contribution >= 4 is 23.4 Å². The van der Waals surface area contributed by atoms with Gasteiger partial charge in [-0.15, -0.1) is 0 Å². The molecule has 1 fully saturated rings. The molecule has 0 spiro atoms. The van der Waals surface area contributed by atoms with Crippen molar-refractivity contribution < 1.29 is 14.3 Å². The molecule has 0 radical (unpaired) electrons. The third-order valence-corrected chi connectivity index (χ3v) is 2.37. The van der Waals surface area contributed by atoms with Crippen LogP contribution in [0.5, 0.6) is 0 Å². The molecule has 0 unspecified atom stereocenters. The van der Waals surface area contributed by atoms with Gasteiger partial charge < -0.3 is 10.1 Å². The molecule has 88 valence electrons. The molecule has 1 aliphatic rings. The number of hydrogen-bond donors (Lipinski definition) is 1. The highest BCUT2D eigenvalue weighted by Gasteiger charge is 2.23. The fourth-order valence-electron chi connectivity index (χ4n) is 1.57. The Morgan fingerprint density at radius 1 is 1.53 bits per heavy atom. The Kier molecular flexibility index (Phi) is 3.09. The number of benzene rings is 1. The number of cyclic esters (lactones) is 1. The molecule has 0 aromatic heterocycles. The summed E-state index contributed by atoms with van der Waals surface area (Å²) < 4.78 is 4.85. The van der Waals surface area contributed by atoms with E-state index in [1.807, 2.05) is 0 Å². The van der Waals surface area contributed by atoms with Crippen LogP contribution in [-0.4, -0.2) is 25.2 Å². The van der Waals surface area contributed by atoms with Crippen LogP contribution in [0.3, 0.4) is 0 Å². The highest BCUT2D eigenvalue weighted by Crippen LogP contribution is 2.22. The van der Waals surface area contributed by atoms with E-state index in [4.69, 9.17) is 4.74 Å². The zero-order valence-electron chi connectivity index (χ0n) is 9.18. The fraction of sp³-hybridized carbons (Fsp3) is 0.167. The Bertz CT molecular complexity index is 471. The Balaban J connectivity index is 2.19. The van der Waals surface area contributed by atoms with Crippen LogP contribution < -0.4 is 10.2 Å². The standard InChI is InChI=1S/C12H12N2O3/c1-2-11(15)13-9-4-3-5-10(8-9)14-6-7-17-12(14)16/h2-5,8H,1,6-7H2,(H,13,15). The molecule has 1 N–H and O–H groups in total. The minimum atomic E-state index is -0.364. The smallest absolute Gasteiger partial charge is 0.414 e. The van der Waals surface area contributed by atoms with Crippen LogP contribution in [0.25, 0.3) is 0 Å². The number of carbonyl (C=O) groups is 2. The largest absolute Gasteiger partial charge is 0.447 e. The third-order valence-electron chi connectivity index (χ3n) is 2.37. The van der Waals surface area contributed by atoms with Crippen LogP contribution in [0.4, 0.5) is 16.2 Å². The summed E-state index contributed by atoms with van der Waals surface area (Å²) in [4.78, 5) is 24.0.